The third-order valence-electron chi connectivity index (χ3n) is 6.61. The Morgan fingerprint density at radius 1 is 1.27 bits per heavy atom. The lowest BCUT2D eigenvalue weighted by atomic mass is 9.91. The standard InChI is InChI=1S/C20H24ClN3OS/c21-14-1-2-17-16(11-14)23-18(26-17)13-3-9-24(10-4-13)19(25)15-12-20(15)5-7-22-8-6-20/h1-2,11,13,15,22H,3-10,12H2. The van der Waals surface area contributed by atoms with Crippen LogP contribution in [-0.2, 0) is 4.79 Å². The highest BCUT2D eigenvalue weighted by atomic mass is 35.5. The van der Waals surface area contributed by atoms with Crippen LogP contribution in [0.25, 0.3) is 10.2 Å². The van der Waals surface area contributed by atoms with Crippen molar-refractivity contribution in [2.45, 2.75) is 38.0 Å². The SMILES string of the molecule is O=C(C1CC12CCNCC2)N1CCC(c2nc3cc(Cl)ccc3s2)CC1. The fourth-order valence-electron chi connectivity index (χ4n) is 4.83. The molecule has 138 valence electrons. The first-order valence-electron chi connectivity index (χ1n) is 9.70. The zero-order valence-electron chi connectivity index (χ0n) is 14.8. The lowest BCUT2D eigenvalue weighted by Crippen LogP contribution is -2.40. The predicted octanol–water partition coefficient (Wildman–Crippen LogP) is 4.05. The van der Waals surface area contributed by atoms with Crippen LogP contribution in [0.15, 0.2) is 18.2 Å². The van der Waals surface area contributed by atoms with E-state index in [0.29, 0.717) is 23.2 Å². The van der Waals surface area contributed by atoms with Crippen LogP contribution in [0.5, 0.6) is 0 Å². The number of nitrogens with zero attached hydrogens (tertiary/aromatic N) is 2. The second-order valence-corrected chi connectivity index (χ2v) is 9.63. The monoisotopic (exact) mass is 389 g/mol. The summed E-state index contributed by atoms with van der Waals surface area (Å²) in [7, 11) is 0. The number of fused-ring (bicyclic) bond motifs is 1. The van der Waals surface area contributed by atoms with E-state index in [4.69, 9.17) is 16.6 Å². The van der Waals surface area contributed by atoms with Gasteiger partial charge in [-0.1, -0.05) is 11.6 Å². The number of piperidine rings is 2. The molecular formula is C20H24ClN3OS. The Morgan fingerprint density at radius 3 is 2.81 bits per heavy atom. The number of aromatic nitrogens is 1. The second-order valence-electron chi connectivity index (χ2n) is 8.13. The van der Waals surface area contributed by atoms with Crippen molar-refractivity contribution >= 4 is 39.1 Å². The Kier molecular flexibility index (Phi) is 4.22. The molecule has 3 aliphatic rings. The van der Waals surface area contributed by atoms with Gasteiger partial charge < -0.3 is 10.2 Å². The smallest absolute Gasteiger partial charge is 0.226 e. The molecule has 5 rings (SSSR count). The molecular weight excluding hydrogens is 366 g/mol. The summed E-state index contributed by atoms with van der Waals surface area (Å²) in [5.41, 5.74) is 1.34. The molecule has 4 nitrogen and oxygen atoms in total. The Balaban J connectivity index is 1.22. The summed E-state index contributed by atoms with van der Waals surface area (Å²) in [6.45, 7) is 3.91. The third kappa shape index (κ3) is 2.94. The van der Waals surface area contributed by atoms with E-state index in [2.05, 4.69) is 16.3 Å². The molecule has 0 bridgehead atoms. The van der Waals surface area contributed by atoms with Crippen molar-refractivity contribution in [1.82, 2.24) is 15.2 Å². The number of hydrogen-bond acceptors (Lipinski definition) is 4. The fourth-order valence-corrected chi connectivity index (χ4v) is 6.12. The molecule has 3 fully saturated rings. The summed E-state index contributed by atoms with van der Waals surface area (Å²) in [5.74, 6) is 1.19. The highest BCUT2D eigenvalue weighted by Gasteiger charge is 2.58. The van der Waals surface area contributed by atoms with Crippen molar-refractivity contribution in [3.05, 3.63) is 28.2 Å². The van der Waals surface area contributed by atoms with Gasteiger partial charge in [0, 0.05) is 29.9 Å². The summed E-state index contributed by atoms with van der Waals surface area (Å²) in [5, 5.41) is 5.36. The van der Waals surface area contributed by atoms with Gasteiger partial charge in [0.25, 0.3) is 0 Å². The number of likely N-dealkylation sites (tertiary alicyclic amines) is 1. The van der Waals surface area contributed by atoms with Crippen molar-refractivity contribution < 1.29 is 4.79 Å². The number of amides is 1. The normalized spacial score (nSPS) is 25.7. The number of thiazole rings is 1. The van der Waals surface area contributed by atoms with Crippen LogP contribution in [0.1, 0.15) is 43.0 Å². The van der Waals surface area contributed by atoms with Crippen LogP contribution in [0.4, 0.5) is 0 Å². The molecule has 1 amide bonds. The first kappa shape index (κ1) is 17.0. The predicted molar refractivity (Wildman–Crippen MR) is 106 cm³/mol. The second kappa shape index (κ2) is 6.47. The molecule has 1 N–H and O–H groups in total. The third-order valence-corrected chi connectivity index (χ3v) is 8.04. The molecule has 1 spiro atoms. The van der Waals surface area contributed by atoms with Crippen LogP contribution in [0.2, 0.25) is 5.02 Å². The average Bonchev–Trinajstić information content (AvgIpc) is 3.18. The molecule has 2 aliphatic heterocycles. The van der Waals surface area contributed by atoms with Gasteiger partial charge >= 0.3 is 0 Å². The van der Waals surface area contributed by atoms with Gasteiger partial charge in [-0.05, 0) is 68.8 Å². The molecule has 3 heterocycles. The molecule has 2 aromatic rings. The van der Waals surface area contributed by atoms with E-state index in [1.54, 1.807) is 11.3 Å². The molecule has 6 heteroatoms. The van der Waals surface area contributed by atoms with Crippen LogP contribution >= 0.6 is 22.9 Å². The van der Waals surface area contributed by atoms with E-state index in [9.17, 15) is 4.79 Å². The van der Waals surface area contributed by atoms with Crippen LogP contribution in [0.3, 0.4) is 0 Å². The Bertz CT molecular complexity index is 837. The number of carbonyl (C=O) groups is 1. The van der Waals surface area contributed by atoms with E-state index in [-0.39, 0.29) is 0 Å². The van der Waals surface area contributed by atoms with Gasteiger partial charge in [0.2, 0.25) is 5.91 Å². The number of rotatable bonds is 2. The molecule has 1 aliphatic carbocycles. The number of nitrogens with one attached hydrogen (secondary N) is 1. The Hall–Kier alpha value is -1.17. The molecule has 2 saturated heterocycles. The zero-order valence-corrected chi connectivity index (χ0v) is 16.4. The molecule has 1 aromatic carbocycles. The van der Waals surface area contributed by atoms with Gasteiger partial charge in [0.05, 0.1) is 15.2 Å². The van der Waals surface area contributed by atoms with Crippen molar-refractivity contribution in [3.63, 3.8) is 0 Å². The van der Waals surface area contributed by atoms with Crippen molar-refractivity contribution in [1.29, 1.82) is 0 Å². The maximum atomic E-state index is 12.9. The summed E-state index contributed by atoms with van der Waals surface area (Å²) in [6, 6.07) is 5.93. The van der Waals surface area contributed by atoms with E-state index in [1.807, 2.05) is 12.1 Å². The van der Waals surface area contributed by atoms with Crippen LogP contribution < -0.4 is 5.32 Å². The molecule has 1 unspecified atom stereocenters. The van der Waals surface area contributed by atoms with Crippen molar-refractivity contribution in [2.24, 2.45) is 11.3 Å². The molecule has 0 radical (unpaired) electrons. The highest BCUT2D eigenvalue weighted by molar-refractivity contribution is 7.18. The summed E-state index contributed by atoms with van der Waals surface area (Å²) in [6.07, 6.45) is 5.52. The van der Waals surface area contributed by atoms with Crippen LogP contribution in [-0.4, -0.2) is 42.0 Å². The first-order chi connectivity index (χ1) is 12.6. The average molecular weight is 390 g/mol. The van der Waals surface area contributed by atoms with Gasteiger partial charge in [0.1, 0.15) is 0 Å². The summed E-state index contributed by atoms with van der Waals surface area (Å²) < 4.78 is 1.20. The molecule has 1 saturated carbocycles. The van der Waals surface area contributed by atoms with Gasteiger partial charge in [-0.15, -0.1) is 11.3 Å². The van der Waals surface area contributed by atoms with Crippen molar-refractivity contribution in [2.75, 3.05) is 26.2 Å². The van der Waals surface area contributed by atoms with Gasteiger partial charge in [-0.25, -0.2) is 4.98 Å². The largest absolute Gasteiger partial charge is 0.342 e. The van der Waals surface area contributed by atoms with E-state index < -0.39 is 0 Å². The molecule has 1 aromatic heterocycles. The number of hydrogen-bond donors (Lipinski definition) is 1. The minimum Gasteiger partial charge on any atom is -0.342 e. The zero-order chi connectivity index (χ0) is 17.7. The maximum absolute atomic E-state index is 12.9. The van der Waals surface area contributed by atoms with Gasteiger partial charge in [-0.2, -0.15) is 0 Å². The lowest BCUT2D eigenvalue weighted by Gasteiger charge is -2.32. The summed E-state index contributed by atoms with van der Waals surface area (Å²) in [4.78, 5) is 19.9. The number of halogens is 1. The van der Waals surface area contributed by atoms with Gasteiger partial charge in [0.15, 0.2) is 0 Å². The fraction of sp³-hybridized carbons (Fsp3) is 0.600. The Labute approximate surface area is 162 Å². The molecule has 1 atom stereocenters. The van der Waals surface area contributed by atoms with Crippen LogP contribution in [0, 0.1) is 11.3 Å². The Morgan fingerprint density at radius 2 is 2.04 bits per heavy atom. The minimum absolute atomic E-state index is 0.297. The first-order valence-corrected chi connectivity index (χ1v) is 10.9. The van der Waals surface area contributed by atoms with E-state index >= 15 is 0 Å². The van der Waals surface area contributed by atoms with Crippen molar-refractivity contribution in [3.8, 4) is 0 Å². The highest BCUT2D eigenvalue weighted by Crippen LogP contribution is 2.59. The van der Waals surface area contributed by atoms with E-state index in [0.717, 1.165) is 56.0 Å². The maximum Gasteiger partial charge on any atom is 0.226 e. The minimum atomic E-state index is 0.297. The molecule has 26 heavy (non-hydrogen) atoms. The van der Waals surface area contributed by atoms with E-state index in [1.165, 1.54) is 22.5 Å². The number of carbonyl (C=O) groups excluding carboxylic acids is 1. The summed E-state index contributed by atoms with van der Waals surface area (Å²) >= 11 is 7.86. The lowest BCUT2D eigenvalue weighted by molar-refractivity contribution is -0.134. The number of benzene rings is 1. The topological polar surface area (TPSA) is 45.2 Å². The quantitative estimate of drug-likeness (QED) is 0.842. The van der Waals surface area contributed by atoms with Gasteiger partial charge in [-0.3, -0.25) is 4.79 Å².